The van der Waals surface area contributed by atoms with E-state index in [0.717, 1.165) is 24.4 Å². The fraction of sp³-hybridized carbons (Fsp3) is 0.800. The number of nitrogens with zero attached hydrogens (tertiary/aromatic N) is 2. The van der Waals surface area contributed by atoms with Crippen molar-refractivity contribution in [3.8, 4) is 11.2 Å². The molecule has 0 bridgehead atoms. The van der Waals surface area contributed by atoms with Crippen LogP contribution in [0, 0.1) is 0 Å². The van der Waals surface area contributed by atoms with Crippen LogP contribution in [0.25, 0.3) is 0 Å². The summed E-state index contributed by atoms with van der Waals surface area (Å²) in [6, 6.07) is 0.154. The predicted octanol–water partition coefficient (Wildman–Crippen LogP) is 3.39. The van der Waals surface area contributed by atoms with Crippen LogP contribution >= 0.6 is 18.3 Å². The summed E-state index contributed by atoms with van der Waals surface area (Å²) in [6.45, 7) is 4.41. The topological polar surface area (TPSA) is 62.7 Å². The van der Waals surface area contributed by atoms with E-state index in [1.54, 1.807) is 0 Å². The first-order valence-electron chi connectivity index (χ1n) is 6.18. The Kier molecular flexibility index (Phi) is 7.78. The first-order valence-corrected chi connectivity index (χ1v) is 9.51. The van der Waals surface area contributed by atoms with Gasteiger partial charge in [0, 0.05) is 23.3 Å². The molecular weight excluding hydrogens is 307 g/mol. The van der Waals surface area contributed by atoms with Crippen molar-refractivity contribution >= 4 is 30.1 Å². The van der Waals surface area contributed by atoms with Crippen LogP contribution in [0.5, 0.6) is 11.2 Å². The molecule has 0 spiro atoms. The maximum atomic E-state index is 5.46. The smallest absolute Gasteiger partial charge is 0.382 e. The molecule has 0 saturated heterocycles. The molecule has 6 nitrogen and oxygen atoms in total. The summed E-state index contributed by atoms with van der Waals surface area (Å²) in [5.74, 6) is 0. The summed E-state index contributed by atoms with van der Waals surface area (Å²) in [5, 5.41) is 0.470. The zero-order valence-electron chi connectivity index (χ0n) is 11.3. The summed E-state index contributed by atoms with van der Waals surface area (Å²) in [7, 11) is 0. The molecule has 19 heavy (non-hydrogen) atoms. The molecule has 0 saturated carbocycles. The van der Waals surface area contributed by atoms with E-state index in [-0.39, 0.29) is 6.01 Å². The van der Waals surface area contributed by atoms with E-state index >= 15 is 0 Å². The zero-order chi connectivity index (χ0) is 14.1. The summed E-state index contributed by atoms with van der Waals surface area (Å²) >= 11 is 6.35. The molecule has 0 atom stereocenters. The van der Waals surface area contributed by atoms with E-state index in [1.807, 2.05) is 13.8 Å². The summed E-state index contributed by atoms with van der Waals surface area (Å²) < 4.78 is 25.6. The van der Waals surface area contributed by atoms with Gasteiger partial charge >= 0.3 is 12.7 Å². The first kappa shape index (κ1) is 16.8. The average Bonchev–Trinajstić information content (AvgIpc) is 2.77. The number of hydrogen-bond donors (Lipinski definition) is 0. The number of unbranched alkanes of at least 4 members (excludes halogenated alkanes) is 1. The van der Waals surface area contributed by atoms with Gasteiger partial charge in [0.25, 0.3) is 5.19 Å². The van der Waals surface area contributed by atoms with E-state index in [4.69, 9.17) is 30.1 Å². The number of rotatable bonds is 10. The van der Waals surface area contributed by atoms with Gasteiger partial charge in [0.15, 0.2) is 0 Å². The Labute approximate surface area is 122 Å². The molecule has 0 amide bonds. The minimum absolute atomic E-state index is 0.154. The summed E-state index contributed by atoms with van der Waals surface area (Å²) in [5.41, 5.74) is 0. The zero-order valence-corrected chi connectivity index (χ0v) is 13.9. The normalized spacial score (nSPS) is 11.5. The van der Waals surface area contributed by atoms with Crippen molar-refractivity contribution in [1.29, 1.82) is 0 Å². The average molecular weight is 326 g/mol. The van der Waals surface area contributed by atoms with Crippen LogP contribution in [0.15, 0.2) is 0 Å². The lowest BCUT2D eigenvalue weighted by Crippen LogP contribution is -2.03. The molecule has 1 aromatic rings. The van der Waals surface area contributed by atoms with Crippen molar-refractivity contribution in [2.75, 3.05) is 19.8 Å². The Bertz CT molecular complexity index is 406. The van der Waals surface area contributed by atoms with Crippen LogP contribution < -0.4 is 9.26 Å². The molecule has 0 aliphatic rings. The standard InChI is InChI=1S/C10H19N2O4PS2/c1-4-7-8-13-10-11-9(12-19-10)16-17(18,14-5-2)15-6-3/h4-8H2,1-3H3. The molecule has 0 aliphatic heterocycles. The van der Waals surface area contributed by atoms with Gasteiger partial charge in [-0.05, 0) is 20.3 Å². The third kappa shape index (κ3) is 6.14. The van der Waals surface area contributed by atoms with Crippen LogP contribution in [0.4, 0.5) is 0 Å². The lowest BCUT2D eigenvalue weighted by atomic mass is 10.4. The third-order valence-electron chi connectivity index (χ3n) is 1.88. The second-order valence-electron chi connectivity index (χ2n) is 3.42. The van der Waals surface area contributed by atoms with Crippen LogP contribution in [0.3, 0.4) is 0 Å². The molecule has 0 fully saturated rings. The van der Waals surface area contributed by atoms with Gasteiger partial charge in [-0.2, -0.15) is 0 Å². The maximum absolute atomic E-state index is 5.46. The highest BCUT2D eigenvalue weighted by molar-refractivity contribution is 8.07. The van der Waals surface area contributed by atoms with Crippen molar-refractivity contribution in [2.24, 2.45) is 0 Å². The predicted molar refractivity (Wildman–Crippen MR) is 78.5 cm³/mol. The van der Waals surface area contributed by atoms with Crippen molar-refractivity contribution in [1.82, 2.24) is 9.36 Å². The largest absolute Gasteiger partial charge is 0.469 e. The van der Waals surface area contributed by atoms with Crippen LogP contribution in [0.1, 0.15) is 33.6 Å². The third-order valence-corrected chi connectivity index (χ3v) is 4.88. The van der Waals surface area contributed by atoms with E-state index < -0.39 is 6.72 Å². The Morgan fingerprint density at radius 1 is 1.21 bits per heavy atom. The molecule has 0 radical (unpaired) electrons. The molecule has 110 valence electrons. The van der Waals surface area contributed by atoms with Crippen molar-refractivity contribution in [2.45, 2.75) is 33.6 Å². The van der Waals surface area contributed by atoms with Gasteiger partial charge in [-0.3, -0.25) is 9.05 Å². The van der Waals surface area contributed by atoms with Crippen LogP contribution in [-0.4, -0.2) is 29.2 Å². The summed E-state index contributed by atoms with van der Waals surface area (Å²) in [4.78, 5) is 4.10. The Morgan fingerprint density at radius 2 is 1.89 bits per heavy atom. The fourth-order valence-corrected chi connectivity index (χ4v) is 3.57. The quantitative estimate of drug-likeness (QED) is 0.482. The van der Waals surface area contributed by atoms with Gasteiger partial charge in [0.1, 0.15) is 0 Å². The maximum Gasteiger partial charge on any atom is 0.382 e. The second kappa shape index (κ2) is 8.81. The van der Waals surface area contributed by atoms with E-state index in [9.17, 15) is 0 Å². The molecular formula is C10H19N2O4PS2. The molecule has 0 unspecified atom stereocenters. The number of hydrogen-bond acceptors (Lipinski definition) is 8. The van der Waals surface area contributed by atoms with Crippen molar-refractivity contribution in [3.63, 3.8) is 0 Å². The molecule has 0 aliphatic carbocycles. The monoisotopic (exact) mass is 326 g/mol. The molecule has 9 heteroatoms. The highest BCUT2D eigenvalue weighted by Gasteiger charge is 2.23. The van der Waals surface area contributed by atoms with E-state index in [1.165, 1.54) is 0 Å². The molecule has 1 heterocycles. The Morgan fingerprint density at radius 3 is 2.47 bits per heavy atom. The van der Waals surface area contributed by atoms with E-state index in [0.29, 0.717) is 25.0 Å². The lowest BCUT2D eigenvalue weighted by Gasteiger charge is -2.18. The van der Waals surface area contributed by atoms with Gasteiger partial charge in [0.2, 0.25) is 0 Å². The minimum atomic E-state index is -2.80. The lowest BCUT2D eigenvalue weighted by molar-refractivity contribution is 0.214. The number of ether oxygens (including phenoxy) is 1. The van der Waals surface area contributed by atoms with Crippen LogP contribution in [-0.2, 0) is 20.9 Å². The highest BCUT2D eigenvalue weighted by atomic mass is 32.5. The first-order chi connectivity index (χ1) is 9.13. The van der Waals surface area contributed by atoms with Crippen LogP contribution in [0.2, 0.25) is 0 Å². The Balaban J connectivity index is 2.57. The minimum Gasteiger partial charge on any atom is -0.469 e. The van der Waals surface area contributed by atoms with Crippen molar-refractivity contribution < 1.29 is 18.3 Å². The molecule has 1 aromatic heterocycles. The molecule has 0 aromatic carbocycles. The highest BCUT2D eigenvalue weighted by Crippen LogP contribution is 2.49. The number of aromatic nitrogens is 2. The van der Waals surface area contributed by atoms with Gasteiger partial charge in [-0.25, -0.2) is 0 Å². The van der Waals surface area contributed by atoms with Gasteiger partial charge < -0.3 is 9.26 Å². The second-order valence-corrected chi connectivity index (χ2v) is 7.07. The van der Waals surface area contributed by atoms with Crippen molar-refractivity contribution in [3.05, 3.63) is 0 Å². The molecule has 0 N–H and O–H groups in total. The summed E-state index contributed by atoms with van der Waals surface area (Å²) in [6.07, 6.45) is 2.04. The SMILES string of the molecule is CCCCOc1nc(OP(=S)(OCC)OCC)ns1. The Hall–Kier alpha value is -0.270. The van der Waals surface area contributed by atoms with E-state index in [2.05, 4.69) is 16.3 Å². The van der Waals surface area contributed by atoms with Gasteiger partial charge in [0.05, 0.1) is 19.8 Å². The fourth-order valence-electron chi connectivity index (χ4n) is 1.10. The van der Waals surface area contributed by atoms with Gasteiger partial charge in [-0.15, -0.1) is 9.36 Å². The molecule has 1 rings (SSSR count). The van der Waals surface area contributed by atoms with Gasteiger partial charge in [-0.1, -0.05) is 13.3 Å².